The summed E-state index contributed by atoms with van der Waals surface area (Å²) in [6.45, 7) is 3.60. The zero-order valence-corrected chi connectivity index (χ0v) is 11.9. The van der Waals surface area contributed by atoms with Gasteiger partial charge in [0.15, 0.2) is 11.2 Å². The molecule has 3 atom stereocenters. The number of aliphatic hydroxyl groups is 2. The fourth-order valence-corrected chi connectivity index (χ4v) is 2.40. The van der Waals surface area contributed by atoms with Crippen LogP contribution in [-0.4, -0.2) is 54.7 Å². The van der Waals surface area contributed by atoms with Crippen molar-refractivity contribution in [2.24, 2.45) is 0 Å². The molecule has 0 amide bonds. The summed E-state index contributed by atoms with van der Waals surface area (Å²) in [4.78, 5) is 12.6. The molecule has 1 fully saturated rings. The van der Waals surface area contributed by atoms with Gasteiger partial charge in [-0.3, -0.25) is 4.57 Å². The zero-order chi connectivity index (χ0) is 15.0. The standard InChI is InChI=1S/C13H18N4O4/c1-7(2)20-13-11-12(14-5-15-13)17(6-16-11)10-3-8(19)9(4-18)21-10/h5-10,18-19H,3-4H2,1-2H3/t8-,9+,10+/m0/s1. The number of rotatable bonds is 4. The number of fused-ring (bicyclic) bond motifs is 1. The number of imidazole rings is 1. The molecule has 8 heteroatoms. The Kier molecular flexibility index (Phi) is 3.75. The van der Waals surface area contributed by atoms with Gasteiger partial charge < -0.3 is 19.7 Å². The summed E-state index contributed by atoms with van der Waals surface area (Å²) in [7, 11) is 0. The molecule has 0 aliphatic carbocycles. The van der Waals surface area contributed by atoms with Gasteiger partial charge in [-0.05, 0) is 13.8 Å². The quantitative estimate of drug-likeness (QED) is 0.833. The first-order chi connectivity index (χ1) is 10.1. The molecule has 1 saturated heterocycles. The highest BCUT2D eigenvalue weighted by Gasteiger charge is 2.35. The van der Waals surface area contributed by atoms with Crippen molar-refractivity contribution in [1.29, 1.82) is 0 Å². The van der Waals surface area contributed by atoms with Crippen LogP contribution >= 0.6 is 0 Å². The lowest BCUT2D eigenvalue weighted by Crippen LogP contribution is -2.24. The van der Waals surface area contributed by atoms with Crippen molar-refractivity contribution in [1.82, 2.24) is 19.5 Å². The molecule has 2 aromatic heterocycles. The summed E-state index contributed by atoms with van der Waals surface area (Å²) < 4.78 is 13.0. The smallest absolute Gasteiger partial charge is 0.245 e. The molecule has 0 saturated carbocycles. The number of hydrogen-bond acceptors (Lipinski definition) is 7. The molecule has 8 nitrogen and oxygen atoms in total. The molecule has 3 rings (SSSR count). The number of nitrogens with zero attached hydrogens (tertiary/aromatic N) is 4. The van der Waals surface area contributed by atoms with Crippen molar-refractivity contribution < 1.29 is 19.7 Å². The minimum absolute atomic E-state index is 0.0171. The first kappa shape index (κ1) is 14.2. The minimum Gasteiger partial charge on any atom is -0.473 e. The fraction of sp³-hybridized carbons (Fsp3) is 0.615. The Bertz CT molecular complexity index is 630. The Labute approximate surface area is 121 Å². The van der Waals surface area contributed by atoms with Crippen LogP contribution in [0.25, 0.3) is 11.2 Å². The Hall–Kier alpha value is -1.77. The molecule has 0 spiro atoms. The second kappa shape index (κ2) is 5.55. The molecule has 1 aliphatic rings. The first-order valence-electron chi connectivity index (χ1n) is 6.88. The van der Waals surface area contributed by atoms with E-state index in [4.69, 9.17) is 14.6 Å². The predicted octanol–water partition coefficient (Wildman–Crippen LogP) is 0.254. The number of aromatic nitrogens is 4. The van der Waals surface area contributed by atoms with E-state index in [9.17, 15) is 5.11 Å². The van der Waals surface area contributed by atoms with Crippen molar-refractivity contribution in [3.8, 4) is 5.88 Å². The van der Waals surface area contributed by atoms with Crippen LogP contribution in [0, 0.1) is 0 Å². The third-order valence-corrected chi connectivity index (χ3v) is 3.37. The van der Waals surface area contributed by atoms with Crippen molar-refractivity contribution in [3.05, 3.63) is 12.7 Å². The van der Waals surface area contributed by atoms with Crippen LogP contribution in [0.4, 0.5) is 0 Å². The highest BCUT2D eigenvalue weighted by atomic mass is 16.5. The van der Waals surface area contributed by atoms with Crippen LogP contribution in [-0.2, 0) is 4.74 Å². The van der Waals surface area contributed by atoms with Crippen molar-refractivity contribution in [2.45, 2.75) is 44.8 Å². The molecule has 2 N–H and O–H groups in total. The van der Waals surface area contributed by atoms with Crippen LogP contribution < -0.4 is 4.74 Å². The maximum absolute atomic E-state index is 9.83. The second-order valence-electron chi connectivity index (χ2n) is 5.28. The summed E-state index contributed by atoms with van der Waals surface area (Å²) in [5.41, 5.74) is 1.13. The predicted molar refractivity (Wildman–Crippen MR) is 72.7 cm³/mol. The van der Waals surface area contributed by atoms with Gasteiger partial charge in [0, 0.05) is 6.42 Å². The molecule has 2 aromatic rings. The first-order valence-corrected chi connectivity index (χ1v) is 6.88. The van der Waals surface area contributed by atoms with Crippen LogP contribution in [0.3, 0.4) is 0 Å². The summed E-state index contributed by atoms with van der Waals surface area (Å²) in [6.07, 6.45) is 1.66. The van der Waals surface area contributed by atoms with Gasteiger partial charge in [0.1, 0.15) is 18.7 Å². The van der Waals surface area contributed by atoms with Crippen molar-refractivity contribution in [2.75, 3.05) is 6.61 Å². The largest absolute Gasteiger partial charge is 0.473 e. The average molecular weight is 294 g/mol. The van der Waals surface area contributed by atoms with Crippen LogP contribution in [0.15, 0.2) is 12.7 Å². The van der Waals surface area contributed by atoms with Gasteiger partial charge in [-0.1, -0.05) is 0 Å². The van der Waals surface area contributed by atoms with Gasteiger partial charge in [0.05, 0.1) is 25.1 Å². The van der Waals surface area contributed by atoms with Gasteiger partial charge in [0.2, 0.25) is 5.88 Å². The lowest BCUT2D eigenvalue weighted by molar-refractivity contribution is -0.0432. The Morgan fingerprint density at radius 2 is 2.24 bits per heavy atom. The summed E-state index contributed by atoms with van der Waals surface area (Å²) in [6, 6.07) is 0. The molecule has 0 radical (unpaired) electrons. The Morgan fingerprint density at radius 3 is 2.90 bits per heavy atom. The van der Waals surface area contributed by atoms with Crippen molar-refractivity contribution >= 4 is 11.2 Å². The number of hydrogen-bond donors (Lipinski definition) is 2. The van der Waals surface area contributed by atoms with Gasteiger partial charge in [0.25, 0.3) is 0 Å². The van der Waals surface area contributed by atoms with E-state index in [1.165, 1.54) is 6.33 Å². The minimum atomic E-state index is -0.703. The van der Waals surface area contributed by atoms with Gasteiger partial charge in [-0.25, -0.2) is 9.97 Å². The van der Waals surface area contributed by atoms with E-state index in [0.29, 0.717) is 23.5 Å². The highest BCUT2D eigenvalue weighted by molar-refractivity contribution is 5.76. The third kappa shape index (κ3) is 2.57. The van der Waals surface area contributed by atoms with Crippen LogP contribution in [0.5, 0.6) is 5.88 Å². The molecule has 21 heavy (non-hydrogen) atoms. The molecular formula is C13H18N4O4. The molecular weight excluding hydrogens is 276 g/mol. The summed E-state index contributed by atoms with van der Waals surface area (Å²) in [5.74, 6) is 0.422. The average Bonchev–Trinajstić information content (AvgIpc) is 3.02. The Balaban J connectivity index is 1.94. The SMILES string of the molecule is CC(C)Oc1ncnc2c1ncn2[C@H]1C[C@H](O)[C@@H](CO)O1. The second-order valence-corrected chi connectivity index (χ2v) is 5.28. The van der Waals surface area contributed by atoms with E-state index < -0.39 is 18.4 Å². The van der Waals surface area contributed by atoms with Crippen LogP contribution in [0.2, 0.25) is 0 Å². The maximum atomic E-state index is 9.83. The van der Waals surface area contributed by atoms with Crippen LogP contribution in [0.1, 0.15) is 26.5 Å². The monoisotopic (exact) mass is 294 g/mol. The topological polar surface area (TPSA) is 103 Å². The van der Waals surface area contributed by atoms with Gasteiger partial charge in [-0.2, -0.15) is 4.98 Å². The van der Waals surface area contributed by atoms with E-state index in [1.54, 1.807) is 10.9 Å². The lowest BCUT2D eigenvalue weighted by atomic mass is 10.2. The molecule has 114 valence electrons. The highest BCUT2D eigenvalue weighted by Crippen LogP contribution is 2.31. The molecule has 3 heterocycles. The Morgan fingerprint density at radius 1 is 1.43 bits per heavy atom. The third-order valence-electron chi connectivity index (χ3n) is 3.37. The molecule has 1 aliphatic heterocycles. The number of aliphatic hydroxyl groups excluding tert-OH is 2. The molecule has 0 aromatic carbocycles. The van der Waals surface area contributed by atoms with Gasteiger partial charge >= 0.3 is 0 Å². The number of ether oxygens (including phenoxy) is 2. The molecule has 0 bridgehead atoms. The van der Waals surface area contributed by atoms with E-state index in [-0.39, 0.29) is 12.7 Å². The zero-order valence-electron chi connectivity index (χ0n) is 11.9. The van der Waals surface area contributed by atoms with E-state index in [2.05, 4.69) is 15.0 Å². The van der Waals surface area contributed by atoms with Gasteiger partial charge in [-0.15, -0.1) is 0 Å². The van der Waals surface area contributed by atoms with E-state index in [0.717, 1.165) is 0 Å². The lowest BCUT2D eigenvalue weighted by Gasteiger charge is -2.14. The summed E-state index contributed by atoms with van der Waals surface area (Å²) in [5, 5.41) is 19.0. The van der Waals surface area contributed by atoms with Crippen molar-refractivity contribution in [3.63, 3.8) is 0 Å². The maximum Gasteiger partial charge on any atom is 0.245 e. The van der Waals surface area contributed by atoms with E-state index >= 15 is 0 Å². The molecule has 0 unspecified atom stereocenters. The normalized spacial score (nSPS) is 25.9. The van der Waals surface area contributed by atoms with E-state index in [1.807, 2.05) is 13.8 Å². The summed E-state index contributed by atoms with van der Waals surface area (Å²) >= 11 is 0. The fourth-order valence-electron chi connectivity index (χ4n) is 2.40.